The van der Waals surface area contributed by atoms with E-state index in [2.05, 4.69) is 10.3 Å². The summed E-state index contributed by atoms with van der Waals surface area (Å²) in [5, 5.41) is 2.72. The lowest BCUT2D eigenvalue weighted by atomic mass is 10.2. The Hall–Kier alpha value is -2.76. The number of nitrogens with zero attached hydrogens (tertiary/aromatic N) is 1. The number of nitrogens with two attached hydrogens (primary N) is 1. The molecule has 102 valence electrons. The summed E-state index contributed by atoms with van der Waals surface area (Å²) in [5.41, 5.74) is 7.61. The van der Waals surface area contributed by atoms with Crippen molar-refractivity contribution < 1.29 is 14.3 Å². The van der Waals surface area contributed by atoms with Crippen LogP contribution in [0.3, 0.4) is 0 Å². The predicted molar refractivity (Wildman–Crippen MR) is 73.9 cm³/mol. The summed E-state index contributed by atoms with van der Waals surface area (Å²) in [5.74, 6) is 1.40. The summed E-state index contributed by atoms with van der Waals surface area (Å²) < 4.78 is 10.4. The Morgan fingerprint density at radius 1 is 1.30 bits per heavy atom. The highest BCUT2D eigenvalue weighted by molar-refractivity contribution is 6.04. The molecule has 6 nitrogen and oxygen atoms in total. The maximum absolute atomic E-state index is 12.1. The van der Waals surface area contributed by atoms with Crippen molar-refractivity contribution in [2.45, 2.75) is 6.92 Å². The first kappa shape index (κ1) is 12.3. The van der Waals surface area contributed by atoms with Gasteiger partial charge in [0.05, 0.1) is 11.9 Å². The van der Waals surface area contributed by atoms with Gasteiger partial charge >= 0.3 is 0 Å². The molecule has 3 N–H and O–H groups in total. The zero-order chi connectivity index (χ0) is 14.1. The van der Waals surface area contributed by atoms with Gasteiger partial charge in [0.2, 0.25) is 6.79 Å². The highest BCUT2D eigenvalue weighted by Gasteiger charge is 2.16. The lowest BCUT2D eigenvalue weighted by Gasteiger charge is -2.07. The number of benzene rings is 1. The topological polar surface area (TPSA) is 86.5 Å². The normalized spacial score (nSPS) is 12.2. The zero-order valence-electron chi connectivity index (χ0n) is 10.8. The number of nitrogen functional groups attached to an aromatic ring is 1. The van der Waals surface area contributed by atoms with Crippen LogP contribution in [0, 0.1) is 6.92 Å². The van der Waals surface area contributed by atoms with Gasteiger partial charge in [0.25, 0.3) is 5.91 Å². The van der Waals surface area contributed by atoms with Gasteiger partial charge in [-0.15, -0.1) is 0 Å². The molecule has 1 aliphatic rings. The number of amides is 1. The Balaban J connectivity index is 1.80. The van der Waals surface area contributed by atoms with E-state index in [1.54, 1.807) is 24.3 Å². The quantitative estimate of drug-likeness (QED) is 0.871. The number of aromatic nitrogens is 1. The number of aryl methyl sites for hydroxylation is 1. The standard InChI is InChI=1S/C14H13N3O3/c1-8-4-13(16-6-10(8)15)17-14(18)9-2-3-11-12(5-9)20-7-19-11/h2-6H,7,15H2,1H3,(H,16,17,18). The molecule has 0 saturated heterocycles. The number of ether oxygens (including phenoxy) is 2. The van der Waals surface area contributed by atoms with Crippen LogP contribution in [0.1, 0.15) is 15.9 Å². The van der Waals surface area contributed by atoms with Gasteiger partial charge in [0, 0.05) is 5.56 Å². The van der Waals surface area contributed by atoms with E-state index in [0.717, 1.165) is 5.56 Å². The average Bonchev–Trinajstić information content (AvgIpc) is 2.90. The highest BCUT2D eigenvalue weighted by Crippen LogP contribution is 2.32. The van der Waals surface area contributed by atoms with Crippen LogP contribution in [-0.2, 0) is 0 Å². The molecule has 1 aliphatic heterocycles. The lowest BCUT2D eigenvalue weighted by molar-refractivity contribution is 0.102. The minimum absolute atomic E-state index is 0.180. The fraction of sp³-hybridized carbons (Fsp3) is 0.143. The first-order chi connectivity index (χ1) is 9.63. The Morgan fingerprint density at radius 2 is 2.10 bits per heavy atom. The molecular weight excluding hydrogens is 258 g/mol. The molecule has 0 radical (unpaired) electrons. The van der Waals surface area contributed by atoms with Crippen LogP contribution < -0.4 is 20.5 Å². The molecule has 3 rings (SSSR count). The first-order valence-corrected chi connectivity index (χ1v) is 6.06. The molecule has 20 heavy (non-hydrogen) atoms. The van der Waals surface area contributed by atoms with Gasteiger partial charge in [-0.25, -0.2) is 4.98 Å². The molecule has 2 heterocycles. The number of hydrogen-bond acceptors (Lipinski definition) is 5. The van der Waals surface area contributed by atoms with Gasteiger partial charge in [-0.2, -0.15) is 0 Å². The van der Waals surface area contributed by atoms with Crippen molar-refractivity contribution in [3.63, 3.8) is 0 Å². The zero-order valence-corrected chi connectivity index (χ0v) is 10.8. The molecule has 1 amide bonds. The van der Waals surface area contributed by atoms with E-state index >= 15 is 0 Å². The van der Waals surface area contributed by atoms with E-state index in [9.17, 15) is 4.79 Å². The molecule has 0 spiro atoms. The van der Waals surface area contributed by atoms with E-state index in [1.165, 1.54) is 6.20 Å². The van der Waals surface area contributed by atoms with Crippen LogP contribution in [0.15, 0.2) is 30.5 Å². The van der Waals surface area contributed by atoms with Crippen molar-refractivity contribution in [3.8, 4) is 11.5 Å². The van der Waals surface area contributed by atoms with Gasteiger partial charge in [-0.1, -0.05) is 0 Å². The van der Waals surface area contributed by atoms with Crippen molar-refractivity contribution in [1.82, 2.24) is 4.98 Å². The van der Waals surface area contributed by atoms with Crippen LogP contribution in [0.5, 0.6) is 11.5 Å². The Labute approximate surface area is 115 Å². The van der Waals surface area contributed by atoms with Crippen molar-refractivity contribution in [2.75, 3.05) is 17.8 Å². The lowest BCUT2D eigenvalue weighted by Crippen LogP contribution is -2.13. The second-order valence-corrected chi connectivity index (χ2v) is 4.45. The summed E-state index contributed by atoms with van der Waals surface area (Å²) in [6.45, 7) is 2.03. The predicted octanol–water partition coefficient (Wildman–Crippen LogP) is 1.95. The second-order valence-electron chi connectivity index (χ2n) is 4.45. The third-order valence-electron chi connectivity index (χ3n) is 3.03. The number of pyridine rings is 1. The Kier molecular flexibility index (Phi) is 2.90. The molecule has 1 aromatic carbocycles. The second kappa shape index (κ2) is 4.73. The van der Waals surface area contributed by atoms with Crippen molar-refractivity contribution in [1.29, 1.82) is 0 Å². The molecule has 0 fully saturated rings. The molecule has 0 aliphatic carbocycles. The third-order valence-corrected chi connectivity index (χ3v) is 3.03. The number of hydrogen-bond donors (Lipinski definition) is 2. The van der Waals surface area contributed by atoms with Crippen LogP contribution in [0.2, 0.25) is 0 Å². The summed E-state index contributed by atoms with van der Waals surface area (Å²) >= 11 is 0. The number of carbonyl (C=O) groups is 1. The highest BCUT2D eigenvalue weighted by atomic mass is 16.7. The molecule has 2 aromatic rings. The van der Waals surface area contributed by atoms with Gasteiger partial charge < -0.3 is 20.5 Å². The van der Waals surface area contributed by atoms with E-state index in [-0.39, 0.29) is 12.7 Å². The average molecular weight is 271 g/mol. The number of nitrogens with one attached hydrogen (secondary N) is 1. The summed E-state index contributed by atoms with van der Waals surface area (Å²) in [6, 6.07) is 6.74. The first-order valence-electron chi connectivity index (χ1n) is 6.06. The Bertz CT molecular complexity index is 685. The number of fused-ring (bicyclic) bond motifs is 1. The van der Waals surface area contributed by atoms with E-state index in [1.807, 2.05) is 6.92 Å². The molecule has 0 atom stereocenters. The molecule has 1 aromatic heterocycles. The third kappa shape index (κ3) is 2.23. The fourth-order valence-corrected chi connectivity index (χ4v) is 1.86. The van der Waals surface area contributed by atoms with Crippen LogP contribution in [0.25, 0.3) is 0 Å². The molecule has 6 heteroatoms. The molecule has 0 saturated carbocycles. The van der Waals surface area contributed by atoms with E-state index < -0.39 is 0 Å². The number of anilines is 2. The van der Waals surface area contributed by atoms with Crippen LogP contribution >= 0.6 is 0 Å². The van der Waals surface area contributed by atoms with Crippen molar-refractivity contribution in [2.24, 2.45) is 0 Å². The summed E-state index contributed by atoms with van der Waals surface area (Å²) in [4.78, 5) is 16.2. The number of rotatable bonds is 2. The van der Waals surface area contributed by atoms with Gasteiger partial charge in [0.1, 0.15) is 5.82 Å². The largest absolute Gasteiger partial charge is 0.454 e. The van der Waals surface area contributed by atoms with Gasteiger partial charge in [0.15, 0.2) is 11.5 Å². The summed E-state index contributed by atoms with van der Waals surface area (Å²) in [7, 11) is 0. The summed E-state index contributed by atoms with van der Waals surface area (Å²) in [6.07, 6.45) is 1.52. The van der Waals surface area contributed by atoms with Crippen molar-refractivity contribution in [3.05, 3.63) is 41.6 Å². The smallest absolute Gasteiger partial charge is 0.256 e. The monoisotopic (exact) mass is 271 g/mol. The van der Waals surface area contributed by atoms with Crippen LogP contribution in [-0.4, -0.2) is 17.7 Å². The van der Waals surface area contributed by atoms with Gasteiger partial charge in [-0.3, -0.25) is 4.79 Å². The number of carbonyl (C=O) groups excluding carboxylic acids is 1. The molecular formula is C14H13N3O3. The maximum Gasteiger partial charge on any atom is 0.256 e. The fourth-order valence-electron chi connectivity index (χ4n) is 1.86. The van der Waals surface area contributed by atoms with Crippen molar-refractivity contribution >= 4 is 17.4 Å². The SMILES string of the molecule is Cc1cc(NC(=O)c2ccc3c(c2)OCO3)ncc1N. The minimum Gasteiger partial charge on any atom is -0.454 e. The maximum atomic E-state index is 12.1. The van der Waals surface area contributed by atoms with Crippen LogP contribution in [0.4, 0.5) is 11.5 Å². The Morgan fingerprint density at radius 3 is 2.90 bits per heavy atom. The molecule has 0 bridgehead atoms. The van der Waals surface area contributed by atoms with E-state index in [0.29, 0.717) is 28.6 Å². The minimum atomic E-state index is -0.264. The molecule has 0 unspecified atom stereocenters. The van der Waals surface area contributed by atoms with Gasteiger partial charge in [-0.05, 0) is 36.8 Å². The van der Waals surface area contributed by atoms with E-state index in [4.69, 9.17) is 15.2 Å².